The molecule has 6 nitrogen and oxygen atoms in total. The fourth-order valence-corrected chi connectivity index (χ4v) is 2.02. The molecule has 19 heavy (non-hydrogen) atoms. The summed E-state index contributed by atoms with van der Waals surface area (Å²) >= 11 is 0. The smallest absolute Gasteiger partial charge is 0.323 e. The Morgan fingerprint density at radius 3 is 2.47 bits per heavy atom. The zero-order valence-corrected chi connectivity index (χ0v) is 10.6. The van der Waals surface area contributed by atoms with E-state index in [1.165, 1.54) is 0 Å². The zero-order valence-electron chi connectivity index (χ0n) is 10.6. The van der Waals surface area contributed by atoms with Gasteiger partial charge in [0, 0.05) is 11.0 Å². The maximum absolute atomic E-state index is 12.3. The van der Waals surface area contributed by atoms with Crippen LogP contribution < -0.4 is 5.69 Å². The van der Waals surface area contributed by atoms with Gasteiger partial charge in [-0.25, -0.2) is 4.79 Å². The molecule has 0 atom stereocenters. The van der Waals surface area contributed by atoms with Gasteiger partial charge in [-0.1, -0.05) is 13.8 Å². The van der Waals surface area contributed by atoms with Crippen LogP contribution in [0.1, 0.15) is 30.6 Å². The van der Waals surface area contributed by atoms with Crippen LogP contribution in [0, 0.1) is 5.41 Å². The summed E-state index contributed by atoms with van der Waals surface area (Å²) in [6, 6.07) is 4.76. The summed E-state index contributed by atoms with van der Waals surface area (Å²) < 4.78 is 0. The third-order valence-corrected chi connectivity index (χ3v) is 2.99. The fraction of sp³-hybridized carbons (Fsp3) is 0.308. The number of aromatic nitrogens is 2. The Kier molecular flexibility index (Phi) is 3.01. The van der Waals surface area contributed by atoms with E-state index >= 15 is 0 Å². The van der Waals surface area contributed by atoms with Gasteiger partial charge in [0.1, 0.15) is 0 Å². The zero-order chi connectivity index (χ0) is 14.2. The highest BCUT2D eigenvalue weighted by molar-refractivity contribution is 6.03. The van der Waals surface area contributed by atoms with Crippen LogP contribution in [0.25, 0.3) is 11.0 Å². The molecule has 0 aliphatic rings. The van der Waals surface area contributed by atoms with Gasteiger partial charge in [0.25, 0.3) is 0 Å². The van der Waals surface area contributed by atoms with Crippen molar-refractivity contribution in [3.8, 4) is 0 Å². The van der Waals surface area contributed by atoms with Crippen molar-refractivity contribution in [1.82, 2.24) is 9.97 Å². The first-order valence-corrected chi connectivity index (χ1v) is 5.78. The monoisotopic (exact) mass is 262 g/mol. The average molecular weight is 262 g/mol. The van der Waals surface area contributed by atoms with Crippen molar-refractivity contribution in [2.45, 2.75) is 20.3 Å². The van der Waals surface area contributed by atoms with Crippen LogP contribution in [0.3, 0.4) is 0 Å². The number of hydrogen-bond donors (Lipinski definition) is 3. The number of aliphatic carboxylic acids is 1. The Labute approximate surface area is 108 Å². The largest absolute Gasteiger partial charge is 0.481 e. The number of carbonyl (C=O) groups is 2. The highest BCUT2D eigenvalue weighted by atomic mass is 16.4. The lowest BCUT2D eigenvalue weighted by Gasteiger charge is -2.20. The lowest BCUT2D eigenvalue weighted by atomic mass is 9.81. The minimum atomic E-state index is -1.02. The molecule has 0 radical (unpaired) electrons. The Morgan fingerprint density at radius 2 is 1.84 bits per heavy atom. The normalized spacial score (nSPS) is 11.7. The second-order valence-corrected chi connectivity index (χ2v) is 5.12. The van der Waals surface area contributed by atoms with Crippen molar-refractivity contribution >= 4 is 22.8 Å². The minimum absolute atomic E-state index is 0.243. The summed E-state index contributed by atoms with van der Waals surface area (Å²) in [4.78, 5) is 39.3. The van der Waals surface area contributed by atoms with Crippen molar-refractivity contribution in [2.75, 3.05) is 0 Å². The number of Topliss-reactive ketones (excluding diaryl/α,β-unsaturated/α-hetero) is 1. The number of H-pyrrole nitrogens is 2. The second kappa shape index (κ2) is 4.38. The molecule has 1 aromatic carbocycles. The minimum Gasteiger partial charge on any atom is -0.481 e. The van der Waals surface area contributed by atoms with Gasteiger partial charge >= 0.3 is 11.7 Å². The molecular formula is C13H14N2O4. The van der Waals surface area contributed by atoms with Crippen molar-refractivity contribution in [2.24, 2.45) is 5.41 Å². The van der Waals surface area contributed by atoms with E-state index in [4.69, 9.17) is 5.11 Å². The Bertz CT molecular complexity index is 709. The van der Waals surface area contributed by atoms with Crippen molar-refractivity contribution in [3.63, 3.8) is 0 Å². The quantitative estimate of drug-likeness (QED) is 0.727. The summed E-state index contributed by atoms with van der Waals surface area (Å²) in [6.07, 6.45) is -0.243. The second-order valence-electron chi connectivity index (χ2n) is 5.12. The van der Waals surface area contributed by atoms with Crippen LogP contribution in [0.15, 0.2) is 23.0 Å². The summed E-state index contributed by atoms with van der Waals surface area (Å²) in [6.45, 7) is 3.18. The van der Waals surface area contributed by atoms with E-state index in [9.17, 15) is 14.4 Å². The summed E-state index contributed by atoms with van der Waals surface area (Å²) in [5.74, 6) is -1.28. The number of imidazole rings is 1. The molecule has 0 fully saturated rings. The summed E-state index contributed by atoms with van der Waals surface area (Å²) in [5.41, 5.74) is 0.189. The molecular weight excluding hydrogens is 248 g/mol. The number of carboxylic acids is 1. The maximum atomic E-state index is 12.3. The molecule has 0 saturated carbocycles. The van der Waals surface area contributed by atoms with Gasteiger partial charge in [-0.15, -0.1) is 0 Å². The van der Waals surface area contributed by atoms with Crippen LogP contribution >= 0.6 is 0 Å². The molecule has 0 amide bonds. The Balaban J connectivity index is 2.40. The molecule has 100 valence electrons. The molecule has 3 N–H and O–H groups in total. The van der Waals surface area contributed by atoms with E-state index in [0.29, 0.717) is 16.6 Å². The SMILES string of the molecule is CC(C)(CC(=O)O)C(=O)c1ccc2[nH]c(=O)[nH]c2c1. The lowest BCUT2D eigenvalue weighted by molar-refractivity contribution is -0.138. The van der Waals surface area contributed by atoms with Crippen LogP contribution in [0.5, 0.6) is 0 Å². The number of rotatable bonds is 4. The van der Waals surface area contributed by atoms with E-state index in [0.717, 1.165) is 0 Å². The van der Waals surface area contributed by atoms with Gasteiger partial charge < -0.3 is 15.1 Å². The third kappa shape index (κ3) is 2.57. The molecule has 0 aliphatic heterocycles. The van der Waals surface area contributed by atoms with Gasteiger partial charge in [0.2, 0.25) is 0 Å². The standard InChI is InChI=1S/C13H14N2O4/c1-13(2,6-10(16)17)11(18)7-3-4-8-9(5-7)15-12(19)14-8/h3-5H,6H2,1-2H3,(H,16,17)(H2,14,15,19). The van der Waals surface area contributed by atoms with E-state index in [1.807, 2.05) is 0 Å². The van der Waals surface area contributed by atoms with Gasteiger partial charge in [-0.3, -0.25) is 9.59 Å². The predicted octanol–water partition coefficient (Wildman–Crippen LogP) is 1.54. The van der Waals surface area contributed by atoms with E-state index in [2.05, 4.69) is 9.97 Å². The van der Waals surface area contributed by atoms with Gasteiger partial charge in [-0.05, 0) is 18.2 Å². The molecule has 0 saturated heterocycles. The van der Waals surface area contributed by atoms with Crippen LogP contribution in [-0.2, 0) is 4.79 Å². The lowest BCUT2D eigenvalue weighted by Crippen LogP contribution is -2.27. The summed E-state index contributed by atoms with van der Waals surface area (Å²) in [5, 5.41) is 8.82. The van der Waals surface area contributed by atoms with Crippen molar-refractivity contribution in [3.05, 3.63) is 34.2 Å². The van der Waals surface area contributed by atoms with Crippen LogP contribution in [0.4, 0.5) is 0 Å². The van der Waals surface area contributed by atoms with E-state index in [-0.39, 0.29) is 17.9 Å². The van der Waals surface area contributed by atoms with Crippen molar-refractivity contribution < 1.29 is 14.7 Å². The highest BCUT2D eigenvalue weighted by Gasteiger charge is 2.31. The van der Waals surface area contributed by atoms with Gasteiger partial charge in [0.05, 0.1) is 17.5 Å². The average Bonchev–Trinajstić information content (AvgIpc) is 2.65. The predicted molar refractivity (Wildman–Crippen MR) is 69.3 cm³/mol. The molecule has 2 rings (SSSR count). The number of carboxylic acid groups (broad SMARTS) is 1. The van der Waals surface area contributed by atoms with Gasteiger partial charge in [0.15, 0.2) is 5.78 Å². The molecule has 0 aliphatic carbocycles. The summed E-state index contributed by atoms with van der Waals surface area (Å²) in [7, 11) is 0. The Hall–Kier alpha value is -2.37. The van der Waals surface area contributed by atoms with Gasteiger partial charge in [-0.2, -0.15) is 0 Å². The number of nitrogens with one attached hydrogen (secondary N) is 2. The third-order valence-electron chi connectivity index (χ3n) is 2.99. The van der Waals surface area contributed by atoms with E-state index in [1.54, 1.807) is 32.0 Å². The van der Waals surface area contributed by atoms with Crippen LogP contribution in [0.2, 0.25) is 0 Å². The van der Waals surface area contributed by atoms with Crippen LogP contribution in [-0.4, -0.2) is 26.8 Å². The fourth-order valence-electron chi connectivity index (χ4n) is 2.02. The molecule has 2 aromatic rings. The first kappa shape index (κ1) is 13.1. The molecule has 0 spiro atoms. The molecule has 0 bridgehead atoms. The maximum Gasteiger partial charge on any atom is 0.323 e. The number of fused-ring (bicyclic) bond motifs is 1. The number of carbonyl (C=O) groups excluding carboxylic acids is 1. The molecule has 1 heterocycles. The highest BCUT2D eigenvalue weighted by Crippen LogP contribution is 2.26. The molecule has 1 aromatic heterocycles. The van der Waals surface area contributed by atoms with E-state index < -0.39 is 11.4 Å². The topological polar surface area (TPSA) is 103 Å². The first-order valence-electron chi connectivity index (χ1n) is 5.78. The number of benzene rings is 1. The number of ketones is 1. The Morgan fingerprint density at radius 1 is 1.21 bits per heavy atom. The first-order chi connectivity index (χ1) is 8.79. The number of hydrogen-bond acceptors (Lipinski definition) is 3. The van der Waals surface area contributed by atoms with Crippen molar-refractivity contribution in [1.29, 1.82) is 0 Å². The number of aromatic amines is 2. The molecule has 6 heteroatoms. The molecule has 0 unspecified atom stereocenters.